The van der Waals surface area contributed by atoms with E-state index in [-0.39, 0.29) is 5.69 Å². The quantitative estimate of drug-likeness (QED) is 0.633. The molecule has 5 nitrogen and oxygen atoms in total. The van der Waals surface area contributed by atoms with Crippen LogP contribution in [-0.4, -0.2) is 15.2 Å². The molecule has 1 aromatic heterocycles. The lowest BCUT2D eigenvalue weighted by molar-refractivity contribution is 1.05. The van der Waals surface area contributed by atoms with E-state index < -0.39 is 0 Å². The molecule has 5 heteroatoms. The van der Waals surface area contributed by atoms with Crippen molar-refractivity contribution in [2.24, 2.45) is 5.73 Å². The third-order valence-electron chi connectivity index (χ3n) is 1.94. The molecule has 14 heavy (non-hydrogen) atoms. The highest BCUT2D eigenvalue weighted by molar-refractivity contribution is 5.55. The molecule has 0 saturated heterocycles. The number of hydrogen-bond donors (Lipinski definition) is 3. The number of aromatic nitrogens is 3. The monoisotopic (exact) mass is 190 g/mol. The van der Waals surface area contributed by atoms with Gasteiger partial charge >= 0.3 is 5.69 Å². The second-order valence-electron chi connectivity index (χ2n) is 2.93. The third kappa shape index (κ3) is 1.57. The fraction of sp³-hybridized carbons (Fsp3) is 0.111. The molecule has 1 heterocycles. The molecule has 0 unspecified atom stereocenters. The number of hydrogen-bond acceptors (Lipinski definition) is 3. The standard InChI is InChI=1S/C9H10N4O/c10-5-6-2-1-3-7(4-6)8-11-9(14)13-12-8/h1-4H,5,10H2,(H2,11,12,13,14). The van der Waals surface area contributed by atoms with Gasteiger partial charge in [-0.1, -0.05) is 18.2 Å². The molecule has 0 radical (unpaired) electrons. The highest BCUT2D eigenvalue weighted by Crippen LogP contribution is 2.13. The Morgan fingerprint density at radius 1 is 1.43 bits per heavy atom. The summed E-state index contributed by atoms with van der Waals surface area (Å²) in [6.07, 6.45) is 0. The molecule has 1 aromatic carbocycles. The van der Waals surface area contributed by atoms with Crippen LogP contribution in [0.15, 0.2) is 29.1 Å². The maximum absolute atomic E-state index is 10.8. The summed E-state index contributed by atoms with van der Waals surface area (Å²) < 4.78 is 0. The number of nitrogens with one attached hydrogen (secondary N) is 2. The third-order valence-corrected chi connectivity index (χ3v) is 1.94. The first kappa shape index (κ1) is 8.71. The Balaban J connectivity index is 2.46. The number of aromatic amines is 2. The van der Waals surface area contributed by atoms with Gasteiger partial charge in [-0.25, -0.2) is 9.89 Å². The molecular formula is C9H10N4O. The van der Waals surface area contributed by atoms with Gasteiger partial charge in [0.1, 0.15) is 0 Å². The Kier molecular flexibility index (Phi) is 2.16. The van der Waals surface area contributed by atoms with Crippen LogP contribution in [0.3, 0.4) is 0 Å². The van der Waals surface area contributed by atoms with Gasteiger partial charge in [-0.3, -0.25) is 4.98 Å². The van der Waals surface area contributed by atoms with Gasteiger partial charge < -0.3 is 5.73 Å². The average molecular weight is 190 g/mol. The molecule has 0 aliphatic carbocycles. The van der Waals surface area contributed by atoms with E-state index in [1.807, 2.05) is 24.3 Å². The summed E-state index contributed by atoms with van der Waals surface area (Å²) in [5, 5.41) is 6.14. The smallest absolute Gasteiger partial charge is 0.326 e. The fourth-order valence-electron chi connectivity index (χ4n) is 1.25. The Hall–Kier alpha value is -1.88. The number of nitrogens with zero attached hydrogens (tertiary/aromatic N) is 1. The minimum Gasteiger partial charge on any atom is -0.326 e. The van der Waals surface area contributed by atoms with Crippen LogP contribution in [0, 0.1) is 0 Å². The molecule has 0 aliphatic rings. The van der Waals surface area contributed by atoms with Gasteiger partial charge in [-0.15, -0.1) is 0 Å². The van der Waals surface area contributed by atoms with Crippen LogP contribution in [0.4, 0.5) is 0 Å². The Labute approximate surface area is 80.0 Å². The van der Waals surface area contributed by atoms with E-state index in [9.17, 15) is 4.79 Å². The van der Waals surface area contributed by atoms with Crippen molar-refractivity contribution in [2.75, 3.05) is 0 Å². The van der Waals surface area contributed by atoms with Gasteiger partial charge in [0, 0.05) is 12.1 Å². The highest BCUT2D eigenvalue weighted by atomic mass is 16.1. The molecule has 0 aliphatic heterocycles. The average Bonchev–Trinajstić information content (AvgIpc) is 2.65. The summed E-state index contributed by atoms with van der Waals surface area (Å²) in [4.78, 5) is 13.4. The molecule has 0 spiro atoms. The molecule has 0 fully saturated rings. The zero-order valence-corrected chi connectivity index (χ0v) is 7.45. The van der Waals surface area contributed by atoms with E-state index in [4.69, 9.17) is 5.73 Å². The summed E-state index contributed by atoms with van der Waals surface area (Å²) in [5.74, 6) is 0.533. The number of nitrogens with two attached hydrogens (primary N) is 1. The normalized spacial score (nSPS) is 10.4. The van der Waals surface area contributed by atoms with Crippen LogP contribution in [0.1, 0.15) is 5.56 Å². The maximum atomic E-state index is 10.8. The van der Waals surface area contributed by atoms with Crippen LogP contribution in [0.2, 0.25) is 0 Å². The first-order valence-corrected chi connectivity index (χ1v) is 4.23. The van der Waals surface area contributed by atoms with Gasteiger partial charge in [0.15, 0.2) is 5.82 Å². The van der Waals surface area contributed by atoms with Crippen molar-refractivity contribution in [1.29, 1.82) is 0 Å². The number of rotatable bonds is 2. The van der Waals surface area contributed by atoms with Gasteiger partial charge in [-0.2, -0.15) is 5.10 Å². The van der Waals surface area contributed by atoms with E-state index in [2.05, 4.69) is 15.2 Å². The molecule has 0 atom stereocenters. The van der Waals surface area contributed by atoms with Gasteiger partial charge in [0.25, 0.3) is 0 Å². The molecule has 0 bridgehead atoms. The van der Waals surface area contributed by atoms with Crippen molar-refractivity contribution >= 4 is 0 Å². The van der Waals surface area contributed by atoms with E-state index in [0.29, 0.717) is 12.4 Å². The zero-order chi connectivity index (χ0) is 9.97. The van der Waals surface area contributed by atoms with Crippen molar-refractivity contribution in [3.63, 3.8) is 0 Å². The second-order valence-corrected chi connectivity index (χ2v) is 2.93. The lowest BCUT2D eigenvalue weighted by atomic mass is 10.1. The second kappa shape index (κ2) is 3.47. The van der Waals surface area contributed by atoms with E-state index in [1.54, 1.807) is 0 Å². The molecule has 2 rings (SSSR count). The minimum absolute atomic E-state index is 0.307. The Morgan fingerprint density at radius 2 is 2.29 bits per heavy atom. The van der Waals surface area contributed by atoms with E-state index in [1.165, 1.54) is 0 Å². The van der Waals surface area contributed by atoms with Crippen molar-refractivity contribution < 1.29 is 0 Å². The lowest BCUT2D eigenvalue weighted by Crippen LogP contribution is -2.00. The molecular weight excluding hydrogens is 180 g/mol. The highest BCUT2D eigenvalue weighted by Gasteiger charge is 2.01. The van der Waals surface area contributed by atoms with Gasteiger partial charge in [0.2, 0.25) is 0 Å². The first-order chi connectivity index (χ1) is 6.79. The molecule has 0 saturated carbocycles. The summed E-state index contributed by atoms with van der Waals surface area (Å²) in [5.41, 5.74) is 7.05. The molecule has 0 amide bonds. The van der Waals surface area contributed by atoms with Crippen LogP contribution >= 0.6 is 0 Å². The summed E-state index contributed by atoms with van der Waals surface area (Å²) in [6.45, 7) is 0.475. The predicted octanol–water partition coefficient (Wildman–Crippen LogP) is 0.224. The molecule has 4 N–H and O–H groups in total. The lowest BCUT2D eigenvalue weighted by Gasteiger charge is -1.98. The largest absolute Gasteiger partial charge is 0.340 e. The first-order valence-electron chi connectivity index (χ1n) is 4.23. The number of H-pyrrole nitrogens is 2. The van der Waals surface area contributed by atoms with Crippen LogP contribution in [-0.2, 0) is 6.54 Å². The SMILES string of the molecule is NCc1cccc(-c2n[nH]c(=O)[nH]2)c1. The predicted molar refractivity (Wildman–Crippen MR) is 52.5 cm³/mol. The number of benzene rings is 1. The van der Waals surface area contributed by atoms with Crippen LogP contribution in [0.25, 0.3) is 11.4 Å². The van der Waals surface area contributed by atoms with Gasteiger partial charge in [0.05, 0.1) is 0 Å². The van der Waals surface area contributed by atoms with Crippen molar-refractivity contribution in [2.45, 2.75) is 6.54 Å². The molecule has 72 valence electrons. The van der Waals surface area contributed by atoms with E-state index in [0.717, 1.165) is 11.1 Å². The van der Waals surface area contributed by atoms with Crippen LogP contribution < -0.4 is 11.4 Å². The summed E-state index contributed by atoms with van der Waals surface area (Å²) >= 11 is 0. The Morgan fingerprint density at radius 3 is 2.93 bits per heavy atom. The van der Waals surface area contributed by atoms with E-state index >= 15 is 0 Å². The summed E-state index contributed by atoms with van der Waals surface area (Å²) in [6, 6.07) is 7.57. The van der Waals surface area contributed by atoms with Crippen molar-refractivity contribution in [1.82, 2.24) is 15.2 Å². The maximum Gasteiger partial charge on any atom is 0.340 e. The van der Waals surface area contributed by atoms with Gasteiger partial charge in [-0.05, 0) is 11.6 Å². The fourth-order valence-corrected chi connectivity index (χ4v) is 1.25. The van der Waals surface area contributed by atoms with Crippen molar-refractivity contribution in [3.05, 3.63) is 40.3 Å². The summed E-state index contributed by atoms with van der Waals surface area (Å²) in [7, 11) is 0. The topological polar surface area (TPSA) is 87.6 Å². The van der Waals surface area contributed by atoms with Crippen molar-refractivity contribution in [3.8, 4) is 11.4 Å². The van der Waals surface area contributed by atoms with Crippen LogP contribution in [0.5, 0.6) is 0 Å². The minimum atomic E-state index is -0.307. The zero-order valence-electron chi connectivity index (χ0n) is 7.45. The molecule has 2 aromatic rings. The Bertz CT molecular complexity index is 485.